The molecule has 1 aromatic carbocycles. The number of nitrogens with two attached hydrogens (primary N) is 1. The lowest BCUT2D eigenvalue weighted by atomic mass is 9.97. The highest BCUT2D eigenvalue weighted by molar-refractivity contribution is 5.83. The van der Waals surface area contributed by atoms with Crippen LogP contribution in [0.3, 0.4) is 0 Å². The van der Waals surface area contributed by atoms with Crippen LogP contribution in [0.15, 0.2) is 24.3 Å². The van der Waals surface area contributed by atoms with Gasteiger partial charge in [-0.25, -0.2) is 4.79 Å². The molecule has 5 heteroatoms. The molecule has 0 heterocycles. The van der Waals surface area contributed by atoms with Crippen molar-refractivity contribution in [3.63, 3.8) is 0 Å². The number of amides is 1. The van der Waals surface area contributed by atoms with E-state index in [1.54, 1.807) is 12.1 Å². The van der Waals surface area contributed by atoms with Crippen LogP contribution in [-0.2, 0) is 9.59 Å². The van der Waals surface area contributed by atoms with Gasteiger partial charge in [0.1, 0.15) is 6.04 Å². The first kappa shape index (κ1) is 16.0. The quantitative estimate of drug-likeness (QED) is 0.666. The van der Waals surface area contributed by atoms with E-state index in [0.29, 0.717) is 18.5 Å². The van der Waals surface area contributed by atoms with E-state index in [2.05, 4.69) is 5.32 Å². The van der Waals surface area contributed by atoms with Gasteiger partial charge in [0.05, 0.1) is 0 Å². The van der Waals surface area contributed by atoms with E-state index >= 15 is 0 Å². The normalized spacial score (nSPS) is 13.5. The number of carboxylic acid groups (broad SMARTS) is 1. The number of nitrogens with one attached hydrogen (secondary N) is 1. The molecule has 0 fully saturated rings. The second-order valence-electron chi connectivity index (χ2n) is 5.02. The van der Waals surface area contributed by atoms with Crippen molar-refractivity contribution in [2.45, 2.75) is 45.1 Å². The third kappa shape index (κ3) is 4.91. The van der Waals surface area contributed by atoms with Crippen LogP contribution in [0.5, 0.6) is 0 Å². The van der Waals surface area contributed by atoms with Gasteiger partial charge in [-0.15, -0.1) is 0 Å². The van der Waals surface area contributed by atoms with E-state index in [1.165, 1.54) is 0 Å². The zero-order valence-electron chi connectivity index (χ0n) is 11.9. The van der Waals surface area contributed by atoms with Crippen molar-refractivity contribution >= 4 is 17.6 Å². The van der Waals surface area contributed by atoms with Crippen LogP contribution in [0, 0.1) is 0 Å². The molecule has 2 atom stereocenters. The van der Waals surface area contributed by atoms with Gasteiger partial charge in [-0.2, -0.15) is 0 Å². The highest BCUT2D eigenvalue weighted by Gasteiger charge is 2.20. The standard InChI is InChI=1S/C15H22N2O3/c1-3-4-13(15(19)20)17-14(18)9-10(2)11-5-7-12(16)8-6-11/h5-8,10,13H,3-4,9,16H2,1-2H3,(H,17,18)(H,19,20). The van der Waals surface area contributed by atoms with E-state index < -0.39 is 12.0 Å². The van der Waals surface area contributed by atoms with E-state index in [-0.39, 0.29) is 18.2 Å². The molecule has 0 aromatic heterocycles. The molecule has 0 aliphatic heterocycles. The summed E-state index contributed by atoms with van der Waals surface area (Å²) in [4.78, 5) is 22.9. The first-order valence-electron chi connectivity index (χ1n) is 6.81. The van der Waals surface area contributed by atoms with E-state index in [0.717, 1.165) is 5.56 Å². The number of carbonyl (C=O) groups is 2. The Hall–Kier alpha value is -2.04. The minimum absolute atomic E-state index is 0.0201. The largest absolute Gasteiger partial charge is 0.480 e. The van der Waals surface area contributed by atoms with Gasteiger partial charge in [-0.05, 0) is 30.0 Å². The lowest BCUT2D eigenvalue weighted by Gasteiger charge is -2.16. The molecule has 110 valence electrons. The van der Waals surface area contributed by atoms with Crippen LogP contribution in [0.1, 0.15) is 44.6 Å². The number of anilines is 1. The SMILES string of the molecule is CCCC(NC(=O)CC(C)c1ccc(N)cc1)C(=O)O. The topological polar surface area (TPSA) is 92.4 Å². The van der Waals surface area contributed by atoms with Crippen molar-refractivity contribution < 1.29 is 14.7 Å². The number of hydrogen-bond donors (Lipinski definition) is 3. The first-order chi connectivity index (χ1) is 9.43. The molecule has 0 saturated heterocycles. The summed E-state index contributed by atoms with van der Waals surface area (Å²) >= 11 is 0. The molecule has 1 amide bonds. The minimum atomic E-state index is -0.986. The molecular formula is C15H22N2O3. The van der Waals surface area contributed by atoms with E-state index in [4.69, 9.17) is 10.8 Å². The predicted octanol–water partition coefficient (Wildman–Crippen LogP) is 2.13. The summed E-state index contributed by atoms with van der Waals surface area (Å²) < 4.78 is 0. The lowest BCUT2D eigenvalue weighted by Crippen LogP contribution is -2.40. The third-order valence-electron chi connectivity index (χ3n) is 3.21. The van der Waals surface area contributed by atoms with Crippen molar-refractivity contribution in [1.82, 2.24) is 5.32 Å². The van der Waals surface area contributed by atoms with Gasteiger partial charge in [0.25, 0.3) is 0 Å². The monoisotopic (exact) mass is 278 g/mol. The molecule has 1 aromatic rings. The summed E-state index contributed by atoms with van der Waals surface area (Å²) in [6.07, 6.45) is 1.42. The summed E-state index contributed by atoms with van der Waals surface area (Å²) in [6, 6.07) is 6.55. The van der Waals surface area contributed by atoms with E-state index in [9.17, 15) is 9.59 Å². The van der Waals surface area contributed by atoms with Gasteiger partial charge in [0.15, 0.2) is 0 Å². The Bertz CT molecular complexity index is 457. The fourth-order valence-electron chi connectivity index (χ4n) is 2.02. The number of aliphatic carboxylic acids is 1. The van der Waals surface area contributed by atoms with Gasteiger partial charge in [-0.1, -0.05) is 32.4 Å². The zero-order valence-corrected chi connectivity index (χ0v) is 11.9. The van der Waals surface area contributed by atoms with Crippen molar-refractivity contribution in [3.8, 4) is 0 Å². The number of carboxylic acids is 1. The first-order valence-corrected chi connectivity index (χ1v) is 6.81. The maximum Gasteiger partial charge on any atom is 0.326 e. The Morgan fingerprint density at radius 3 is 2.40 bits per heavy atom. The van der Waals surface area contributed by atoms with Crippen LogP contribution in [-0.4, -0.2) is 23.0 Å². The number of nitrogen functional groups attached to an aromatic ring is 1. The van der Waals surface area contributed by atoms with Crippen LogP contribution in [0.2, 0.25) is 0 Å². The fourth-order valence-corrected chi connectivity index (χ4v) is 2.02. The Labute approximate surface area is 119 Å². The minimum Gasteiger partial charge on any atom is -0.480 e. The molecule has 0 aliphatic carbocycles. The number of carbonyl (C=O) groups excluding carboxylic acids is 1. The molecular weight excluding hydrogens is 256 g/mol. The van der Waals surface area contributed by atoms with Crippen molar-refractivity contribution in [2.75, 3.05) is 5.73 Å². The van der Waals surface area contributed by atoms with Crippen molar-refractivity contribution in [2.24, 2.45) is 0 Å². The lowest BCUT2D eigenvalue weighted by molar-refractivity contribution is -0.142. The molecule has 2 unspecified atom stereocenters. The van der Waals surface area contributed by atoms with Gasteiger partial charge in [0, 0.05) is 12.1 Å². The maximum absolute atomic E-state index is 11.9. The molecule has 5 nitrogen and oxygen atoms in total. The van der Waals surface area contributed by atoms with Crippen molar-refractivity contribution in [1.29, 1.82) is 0 Å². The molecule has 0 saturated carbocycles. The molecule has 0 radical (unpaired) electrons. The van der Waals surface area contributed by atoms with E-state index in [1.807, 2.05) is 26.0 Å². The molecule has 0 bridgehead atoms. The Morgan fingerprint density at radius 2 is 1.90 bits per heavy atom. The van der Waals surface area contributed by atoms with Crippen LogP contribution < -0.4 is 11.1 Å². The highest BCUT2D eigenvalue weighted by atomic mass is 16.4. The summed E-state index contributed by atoms with van der Waals surface area (Å²) in [7, 11) is 0. The second kappa shape index (κ2) is 7.53. The third-order valence-corrected chi connectivity index (χ3v) is 3.21. The number of rotatable bonds is 7. The summed E-state index contributed by atoms with van der Waals surface area (Å²) in [5.74, 6) is -1.21. The Kier molecular flexibility index (Phi) is 6.03. The fraction of sp³-hybridized carbons (Fsp3) is 0.467. The van der Waals surface area contributed by atoms with Gasteiger partial charge >= 0.3 is 5.97 Å². The summed E-state index contributed by atoms with van der Waals surface area (Å²) in [5.41, 5.74) is 7.31. The van der Waals surface area contributed by atoms with Crippen molar-refractivity contribution in [3.05, 3.63) is 29.8 Å². The molecule has 0 aliphatic rings. The number of hydrogen-bond acceptors (Lipinski definition) is 3. The number of benzene rings is 1. The van der Waals surface area contributed by atoms with Gasteiger partial charge in [-0.3, -0.25) is 4.79 Å². The van der Waals surface area contributed by atoms with Crippen LogP contribution in [0.25, 0.3) is 0 Å². The molecule has 1 rings (SSSR count). The maximum atomic E-state index is 11.9. The van der Waals surface area contributed by atoms with Crippen LogP contribution >= 0.6 is 0 Å². The average Bonchev–Trinajstić information content (AvgIpc) is 2.38. The molecule has 4 N–H and O–H groups in total. The Balaban J connectivity index is 2.56. The van der Waals surface area contributed by atoms with Gasteiger partial charge < -0.3 is 16.2 Å². The zero-order chi connectivity index (χ0) is 15.1. The van der Waals surface area contributed by atoms with Crippen LogP contribution in [0.4, 0.5) is 5.69 Å². The molecule has 0 spiro atoms. The second-order valence-corrected chi connectivity index (χ2v) is 5.02. The van der Waals surface area contributed by atoms with Gasteiger partial charge in [0.2, 0.25) is 5.91 Å². The Morgan fingerprint density at radius 1 is 1.30 bits per heavy atom. The highest BCUT2D eigenvalue weighted by Crippen LogP contribution is 2.20. The summed E-state index contributed by atoms with van der Waals surface area (Å²) in [5, 5.41) is 11.6. The molecule has 20 heavy (non-hydrogen) atoms. The average molecular weight is 278 g/mol. The smallest absolute Gasteiger partial charge is 0.326 e. The summed E-state index contributed by atoms with van der Waals surface area (Å²) in [6.45, 7) is 3.82. The predicted molar refractivity (Wildman–Crippen MR) is 78.4 cm³/mol.